The van der Waals surface area contributed by atoms with Crippen LogP contribution >= 0.6 is 0 Å². The van der Waals surface area contributed by atoms with Crippen molar-refractivity contribution in [3.8, 4) is 0 Å². The zero-order valence-electron chi connectivity index (χ0n) is 12.2. The zero-order chi connectivity index (χ0) is 13.7. The normalized spacial score (nSPS) is 26.6. The van der Waals surface area contributed by atoms with Gasteiger partial charge in [-0.25, -0.2) is 5.43 Å². The molecule has 0 radical (unpaired) electrons. The Morgan fingerprint density at radius 1 is 1.37 bits per heavy atom. The van der Waals surface area contributed by atoms with E-state index < -0.39 is 0 Å². The standard InChI is InChI=1S/C16H27N3/c1-4-14-19-15(2)8-5-6-9-16(10-7-11-16)12-13-17-18(19)3/h4-5,8,17H,1-2,6-7,9-14H2,3H3/b8-5-. The summed E-state index contributed by atoms with van der Waals surface area (Å²) < 4.78 is 0. The van der Waals surface area contributed by atoms with Crippen LogP contribution in [0.3, 0.4) is 0 Å². The molecule has 1 aliphatic carbocycles. The van der Waals surface area contributed by atoms with Crippen LogP contribution in [-0.2, 0) is 0 Å². The van der Waals surface area contributed by atoms with Crippen LogP contribution in [0.4, 0.5) is 0 Å². The molecule has 1 saturated carbocycles. The average Bonchev–Trinajstić information content (AvgIpc) is 2.37. The SMILES string of the molecule is C=CCN1C(=C)/C=C\CCC2(CCC2)CCNN1C. The third-order valence-corrected chi connectivity index (χ3v) is 4.56. The highest BCUT2D eigenvalue weighted by Crippen LogP contribution is 2.47. The average molecular weight is 261 g/mol. The van der Waals surface area contributed by atoms with Crippen molar-refractivity contribution in [2.75, 3.05) is 20.1 Å². The predicted molar refractivity (Wildman–Crippen MR) is 81.1 cm³/mol. The van der Waals surface area contributed by atoms with E-state index in [-0.39, 0.29) is 0 Å². The molecule has 1 N–H and O–H groups in total. The lowest BCUT2D eigenvalue weighted by Crippen LogP contribution is -2.48. The van der Waals surface area contributed by atoms with E-state index in [2.05, 4.69) is 35.7 Å². The van der Waals surface area contributed by atoms with Gasteiger partial charge in [0.1, 0.15) is 0 Å². The maximum atomic E-state index is 4.15. The Bertz CT molecular complexity index is 355. The van der Waals surface area contributed by atoms with E-state index in [9.17, 15) is 0 Å². The molecule has 0 amide bonds. The maximum absolute atomic E-state index is 4.15. The van der Waals surface area contributed by atoms with Gasteiger partial charge in [0.15, 0.2) is 0 Å². The smallest absolute Gasteiger partial charge is 0.0538 e. The molecule has 0 aromatic carbocycles. The first kappa shape index (κ1) is 14.4. The Morgan fingerprint density at radius 3 is 2.79 bits per heavy atom. The van der Waals surface area contributed by atoms with Gasteiger partial charge in [-0.1, -0.05) is 25.2 Å². The molecule has 0 aromatic heterocycles. The molecule has 2 aliphatic rings. The van der Waals surface area contributed by atoms with Gasteiger partial charge in [-0.2, -0.15) is 5.12 Å². The number of allylic oxidation sites excluding steroid dienone is 2. The molecule has 0 bridgehead atoms. The van der Waals surface area contributed by atoms with Crippen LogP contribution < -0.4 is 5.43 Å². The van der Waals surface area contributed by atoms with Crippen molar-refractivity contribution in [3.63, 3.8) is 0 Å². The fraction of sp³-hybridized carbons (Fsp3) is 0.625. The van der Waals surface area contributed by atoms with Crippen molar-refractivity contribution in [3.05, 3.63) is 37.1 Å². The third-order valence-electron chi connectivity index (χ3n) is 4.56. The Morgan fingerprint density at radius 2 is 2.16 bits per heavy atom. The molecule has 1 aliphatic heterocycles. The third kappa shape index (κ3) is 3.48. The van der Waals surface area contributed by atoms with Crippen LogP contribution in [0, 0.1) is 5.41 Å². The molecule has 3 heteroatoms. The van der Waals surface area contributed by atoms with E-state index in [1.165, 1.54) is 38.5 Å². The van der Waals surface area contributed by atoms with Crippen LogP contribution in [-0.4, -0.2) is 30.3 Å². The molecule has 0 atom stereocenters. The highest BCUT2D eigenvalue weighted by molar-refractivity contribution is 5.13. The lowest BCUT2D eigenvalue weighted by atomic mass is 9.64. The summed E-state index contributed by atoms with van der Waals surface area (Å²) in [5, 5.41) is 4.16. The minimum atomic E-state index is 0.604. The first-order chi connectivity index (χ1) is 9.17. The van der Waals surface area contributed by atoms with Crippen molar-refractivity contribution in [1.29, 1.82) is 0 Å². The number of hydrogen-bond acceptors (Lipinski definition) is 3. The molecule has 0 saturated heterocycles. The van der Waals surface area contributed by atoms with Crippen molar-refractivity contribution >= 4 is 0 Å². The van der Waals surface area contributed by atoms with E-state index in [0.717, 1.165) is 18.8 Å². The second-order valence-electron chi connectivity index (χ2n) is 5.84. The second-order valence-corrected chi connectivity index (χ2v) is 5.84. The van der Waals surface area contributed by atoms with Crippen LogP contribution in [0.1, 0.15) is 38.5 Å². The van der Waals surface area contributed by atoms with E-state index >= 15 is 0 Å². The molecule has 0 unspecified atom stereocenters. The topological polar surface area (TPSA) is 18.5 Å². The van der Waals surface area contributed by atoms with Crippen molar-refractivity contribution in [1.82, 2.24) is 15.6 Å². The molecular weight excluding hydrogens is 234 g/mol. The summed E-state index contributed by atoms with van der Waals surface area (Å²) in [4.78, 5) is 0. The largest absolute Gasteiger partial charge is 0.290 e. The predicted octanol–water partition coefficient (Wildman–Crippen LogP) is 3.25. The van der Waals surface area contributed by atoms with Gasteiger partial charge in [0, 0.05) is 19.3 Å². The van der Waals surface area contributed by atoms with E-state index in [0.29, 0.717) is 5.41 Å². The summed E-state index contributed by atoms with van der Waals surface area (Å²) in [6.45, 7) is 9.79. The number of nitrogens with zero attached hydrogens (tertiary/aromatic N) is 2. The second kappa shape index (κ2) is 6.40. The first-order valence-electron chi connectivity index (χ1n) is 7.38. The van der Waals surface area contributed by atoms with E-state index in [1.807, 2.05) is 18.2 Å². The number of hydrazine groups is 2. The minimum absolute atomic E-state index is 0.604. The summed E-state index contributed by atoms with van der Waals surface area (Å²) in [5.41, 5.74) is 5.10. The Kier molecular flexibility index (Phi) is 4.83. The van der Waals surface area contributed by atoms with Crippen molar-refractivity contribution in [2.45, 2.75) is 38.5 Å². The highest BCUT2D eigenvalue weighted by Gasteiger charge is 2.35. The Hall–Kier alpha value is -1.06. The van der Waals surface area contributed by atoms with Crippen LogP contribution in [0.2, 0.25) is 0 Å². The number of hydrogen-bond donors (Lipinski definition) is 1. The van der Waals surface area contributed by atoms with Gasteiger partial charge < -0.3 is 0 Å². The van der Waals surface area contributed by atoms with E-state index in [4.69, 9.17) is 0 Å². The molecule has 1 spiro atoms. The minimum Gasteiger partial charge on any atom is -0.290 e. The number of rotatable bonds is 2. The first-order valence-corrected chi connectivity index (χ1v) is 7.38. The quantitative estimate of drug-likeness (QED) is 0.770. The Balaban J connectivity index is 2.04. The van der Waals surface area contributed by atoms with Gasteiger partial charge >= 0.3 is 0 Å². The molecule has 0 aromatic rings. The highest BCUT2D eigenvalue weighted by atomic mass is 15.8. The number of nitrogens with one attached hydrogen (secondary N) is 1. The molecule has 3 nitrogen and oxygen atoms in total. The van der Waals surface area contributed by atoms with Gasteiger partial charge in [0.25, 0.3) is 0 Å². The summed E-state index contributed by atoms with van der Waals surface area (Å²) in [6.07, 6.45) is 14.3. The van der Waals surface area contributed by atoms with Crippen LogP contribution in [0.5, 0.6) is 0 Å². The zero-order valence-corrected chi connectivity index (χ0v) is 12.2. The molecule has 19 heavy (non-hydrogen) atoms. The van der Waals surface area contributed by atoms with Gasteiger partial charge in [-0.3, -0.25) is 5.01 Å². The fourth-order valence-corrected chi connectivity index (χ4v) is 3.12. The molecule has 106 valence electrons. The van der Waals surface area contributed by atoms with Crippen molar-refractivity contribution in [2.24, 2.45) is 5.41 Å². The van der Waals surface area contributed by atoms with Crippen LogP contribution in [0.15, 0.2) is 37.1 Å². The summed E-state index contributed by atoms with van der Waals surface area (Å²) >= 11 is 0. The summed E-state index contributed by atoms with van der Waals surface area (Å²) in [7, 11) is 2.05. The lowest BCUT2D eigenvalue weighted by Gasteiger charge is -2.43. The maximum Gasteiger partial charge on any atom is 0.0538 e. The molecule has 2 rings (SSSR count). The van der Waals surface area contributed by atoms with Gasteiger partial charge in [0.05, 0.1) is 6.54 Å². The summed E-state index contributed by atoms with van der Waals surface area (Å²) in [6, 6.07) is 0. The molecule has 1 fully saturated rings. The van der Waals surface area contributed by atoms with Gasteiger partial charge in [-0.05, 0) is 43.6 Å². The molecule has 1 heterocycles. The van der Waals surface area contributed by atoms with Crippen molar-refractivity contribution < 1.29 is 0 Å². The summed E-state index contributed by atoms with van der Waals surface area (Å²) in [5.74, 6) is 0. The monoisotopic (exact) mass is 261 g/mol. The Labute approximate surface area is 117 Å². The molecular formula is C16H27N3. The van der Waals surface area contributed by atoms with Crippen LogP contribution in [0.25, 0.3) is 0 Å². The van der Waals surface area contributed by atoms with Gasteiger partial charge in [-0.15, -0.1) is 6.58 Å². The fourth-order valence-electron chi connectivity index (χ4n) is 3.12. The van der Waals surface area contributed by atoms with E-state index in [1.54, 1.807) is 0 Å². The lowest BCUT2D eigenvalue weighted by molar-refractivity contribution is -0.00933. The van der Waals surface area contributed by atoms with Gasteiger partial charge in [0.2, 0.25) is 0 Å².